The van der Waals surface area contributed by atoms with Crippen LogP contribution in [0, 0.1) is 29.1 Å². The highest BCUT2D eigenvalue weighted by molar-refractivity contribution is 6.04. The predicted octanol–water partition coefficient (Wildman–Crippen LogP) is 6.73. The van der Waals surface area contributed by atoms with Gasteiger partial charge in [-0.15, -0.1) is 0 Å². The van der Waals surface area contributed by atoms with Gasteiger partial charge in [0, 0.05) is 30.3 Å². The molecule has 47 heavy (non-hydrogen) atoms. The van der Waals surface area contributed by atoms with Crippen LogP contribution in [0.15, 0.2) is 78.9 Å². The standard InChI is InChI=1S/C35H33F5N2O5/c1-19(33(44)22-7-4-3-5-8-22)42(2)17-25-16-26(21-13-11-20(18-43)12-14-21)47-35(46-25)23-9-6-10-24(15-23)41-34(45)27-28(36)30(38)32(40)31(39)29(27)37/h3-15,19,25-26,33,35,43-44H,16-18H2,1-2H3,(H,41,45). The van der Waals surface area contributed by atoms with Crippen molar-refractivity contribution >= 4 is 11.6 Å². The number of carbonyl (C=O) groups excluding carboxylic acids is 1. The molecule has 7 nitrogen and oxygen atoms in total. The molecule has 1 aliphatic rings. The first-order chi connectivity index (χ1) is 22.5. The number of nitrogens with one attached hydrogen (secondary N) is 1. The quantitative estimate of drug-likeness (QED) is 0.0998. The summed E-state index contributed by atoms with van der Waals surface area (Å²) in [6, 6.07) is 22.1. The molecule has 5 atom stereocenters. The Morgan fingerprint density at radius 3 is 2.15 bits per heavy atom. The second-order valence-electron chi connectivity index (χ2n) is 11.4. The van der Waals surface area contributed by atoms with Gasteiger partial charge < -0.3 is 25.0 Å². The van der Waals surface area contributed by atoms with E-state index in [9.17, 15) is 37.0 Å². The molecule has 4 aromatic rings. The summed E-state index contributed by atoms with van der Waals surface area (Å²) in [5.41, 5.74) is 1.08. The van der Waals surface area contributed by atoms with Gasteiger partial charge in [0.15, 0.2) is 29.6 Å². The van der Waals surface area contributed by atoms with Gasteiger partial charge in [0.2, 0.25) is 5.82 Å². The summed E-state index contributed by atoms with van der Waals surface area (Å²) >= 11 is 0. The minimum absolute atomic E-state index is 0.00802. The Kier molecular flexibility index (Phi) is 10.7. The Morgan fingerprint density at radius 1 is 0.872 bits per heavy atom. The molecule has 1 fully saturated rings. The molecule has 12 heteroatoms. The number of nitrogens with zero attached hydrogens (tertiary/aromatic N) is 1. The molecular weight excluding hydrogens is 623 g/mol. The van der Waals surface area contributed by atoms with Crippen molar-refractivity contribution in [2.24, 2.45) is 0 Å². The number of halogens is 5. The number of aliphatic hydroxyl groups is 2. The molecule has 0 bridgehead atoms. The van der Waals surface area contributed by atoms with Crippen molar-refractivity contribution in [2.45, 2.75) is 50.6 Å². The third kappa shape index (κ3) is 7.53. The van der Waals surface area contributed by atoms with E-state index >= 15 is 0 Å². The number of rotatable bonds is 10. The van der Waals surface area contributed by atoms with Crippen molar-refractivity contribution in [1.82, 2.24) is 4.90 Å². The number of aliphatic hydroxyl groups excluding tert-OH is 2. The molecule has 1 heterocycles. The predicted molar refractivity (Wildman–Crippen MR) is 163 cm³/mol. The van der Waals surface area contributed by atoms with Gasteiger partial charge in [-0.25, -0.2) is 22.0 Å². The Balaban J connectivity index is 1.38. The fourth-order valence-electron chi connectivity index (χ4n) is 5.45. The molecule has 0 aromatic heterocycles. The van der Waals surface area contributed by atoms with Crippen molar-refractivity contribution in [1.29, 1.82) is 0 Å². The smallest absolute Gasteiger partial charge is 0.261 e. The molecule has 1 amide bonds. The number of anilines is 1. The minimum Gasteiger partial charge on any atom is -0.392 e. The van der Waals surface area contributed by atoms with E-state index in [-0.39, 0.29) is 18.3 Å². The summed E-state index contributed by atoms with van der Waals surface area (Å²) in [5.74, 6) is -12.9. The molecule has 0 radical (unpaired) electrons. The van der Waals surface area contributed by atoms with E-state index in [4.69, 9.17) is 9.47 Å². The molecule has 5 rings (SSSR count). The van der Waals surface area contributed by atoms with E-state index in [1.807, 2.05) is 61.3 Å². The van der Waals surface area contributed by atoms with Crippen molar-refractivity contribution < 1.29 is 46.4 Å². The number of likely N-dealkylation sites (N-methyl/N-ethyl adjacent to an activating group) is 1. The molecule has 1 saturated heterocycles. The van der Waals surface area contributed by atoms with Crippen LogP contribution in [-0.2, 0) is 16.1 Å². The fourth-order valence-corrected chi connectivity index (χ4v) is 5.45. The molecule has 5 unspecified atom stereocenters. The molecule has 0 aliphatic carbocycles. The lowest BCUT2D eigenvalue weighted by Gasteiger charge is -2.39. The van der Waals surface area contributed by atoms with E-state index < -0.39 is 65.2 Å². The third-order valence-corrected chi connectivity index (χ3v) is 8.25. The molecule has 248 valence electrons. The average Bonchev–Trinajstić information content (AvgIpc) is 3.09. The molecular formula is C35H33F5N2O5. The zero-order valence-corrected chi connectivity index (χ0v) is 25.5. The monoisotopic (exact) mass is 656 g/mol. The number of amides is 1. The summed E-state index contributed by atoms with van der Waals surface area (Å²) in [6.45, 7) is 2.17. The van der Waals surface area contributed by atoms with Crippen LogP contribution in [-0.4, -0.2) is 46.8 Å². The van der Waals surface area contributed by atoms with Crippen LogP contribution in [0.25, 0.3) is 0 Å². The second kappa shape index (κ2) is 14.7. The zero-order chi connectivity index (χ0) is 33.8. The van der Waals surface area contributed by atoms with E-state index in [0.717, 1.165) is 16.7 Å². The maximum atomic E-state index is 14.3. The minimum atomic E-state index is -2.37. The van der Waals surface area contributed by atoms with Gasteiger partial charge >= 0.3 is 0 Å². The van der Waals surface area contributed by atoms with Crippen molar-refractivity contribution in [2.75, 3.05) is 18.9 Å². The molecule has 0 saturated carbocycles. The van der Waals surface area contributed by atoms with Crippen molar-refractivity contribution in [3.8, 4) is 0 Å². The molecule has 1 aliphatic heterocycles. The SMILES string of the molecule is CC(C(O)c1ccccc1)N(C)CC1CC(c2ccc(CO)cc2)OC(c2cccc(NC(=O)c3c(F)c(F)c(F)c(F)c3F)c2)O1. The highest BCUT2D eigenvalue weighted by Crippen LogP contribution is 2.39. The number of ether oxygens (including phenoxy) is 2. The van der Waals surface area contributed by atoms with E-state index in [1.54, 1.807) is 18.2 Å². The van der Waals surface area contributed by atoms with E-state index in [2.05, 4.69) is 5.32 Å². The summed E-state index contributed by atoms with van der Waals surface area (Å²) in [7, 11) is 1.87. The first-order valence-corrected chi connectivity index (χ1v) is 14.8. The number of hydrogen-bond donors (Lipinski definition) is 3. The normalized spacial score (nSPS) is 19.4. The first kappa shape index (κ1) is 34.1. The summed E-state index contributed by atoms with van der Waals surface area (Å²) < 4.78 is 82.2. The van der Waals surface area contributed by atoms with Gasteiger partial charge in [-0.1, -0.05) is 66.7 Å². The summed E-state index contributed by atoms with van der Waals surface area (Å²) in [5, 5.41) is 22.7. The van der Waals surface area contributed by atoms with Crippen LogP contribution in [0.1, 0.15) is 64.5 Å². The average molecular weight is 657 g/mol. The number of hydrogen-bond acceptors (Lipinski definition) is 6. The lowest BCUT2D eigenvalue weighted by atomic mass is 9.98. The van der Waals surface area contributed by atoms with Gasteiger partial charge in [-0.05, 0) is 42.8 Å². The van der Waals surface area contributed by atoms with Gasteiger partial charge in [0.1, 0.15) is 5.56 Å². The van der Waals surface area contributed by atoms with Crippen LogP contribution < -0.4 is 5.32 Å². The van der Waals surface area contributed by atoms with Crippen LogP contribution in [0.4, 0.5) is 27.6 Å². The third-order valence-electron chi connectivity index (χ3n) is 8.25. The van der Waals surface area contributed by atoms with E-state index in [1.165, 1.54) is 18.2 Å². The lowest BCUT2D eigenvalue weighted by Crippen LogP contribution is -2.43. The van der Waals surface area contributed by atoms with Crippen LogP contribution in [0.5, 0.6) is 0 Å². The lowest BCUT2D eigenvalue weighted by molar-refractivity contribution is -0.253. The zero-order valence-electron chi connectivity index (χ0n) is 25.5. The topological polar surface area (TPSA) is 91.3 Å². The maximum Gasteiger partial charge on any atom is 0.261 e. The summed E-state index contributed by atoms with van der Waals surface area (Å²) in [6.07, 6.45) is -2.22. The second-order valence-corrected chi connectivity index (χ2v) is 11.4. The Morgan fingerprint density at radius 2 is 1.51 bits per heavy atom. The fraction of sp³-hybridized carbons (Fsp3) is 0.286. The molecule has 3 N–H and O–H groups in total. The highest BCUT2D eigenvalue weighted by atomic mass is 19.2. The van der Waals surface area contributed by atoms with Gasteiger partial charge in [-0.3, -0.25) is 9.69 Å². The van der Waals surface area contributed by atoms with Gasteiger partial charge in [-0.2, -0.15) is 0 Å². The maximum absolute atomic E-state index is 14.3. The Bertz CT molecular complexity index is 1680. The van der Waals surface area contributed by atoms with Crippen LogP contribution >= 0.6 is 0 Å². The summed E-state index contributed by atoms with van der Waals surface area (Å²) in [4.78, 5) is 14.7. The Hall–Kier alpha value is -4.20. The van der Waals surface area contributed by atoms with Gasteiger partial charge in [0.25, 0.3) is 5.91 Å². The largest absolute Gasteiger partial charge is 0.392 e. The van der Waals surface area contributed by atoms with Gasteiger partial charge in [0.05, 0.1) is 24.9 Å². The van der Waals surface area contributed by atoms with Crippen LogP contribution in [0.3, 0.4) is 0 Å². The molecule has 0 spiro atoms. The number of carbonyl (C=O) groups is 1. The first-order valence-electron chi connectivity index (χ1n) is 14.8. The van der Waals surface area contributed by atoms with E-state index in [0.29, 0.717) is 18.5 Å². The molecule has 4 aromatic carbocycles. The van der Waals surface area contributed by atoms with Crippen molar-refractivity contribution in [3.63, 3.8) is 0 Å². The van der Waals surface area contributed by atoms with Crippen molar-refractivity contribution in [3.05, 3.63) is 136 Å². The number of benzene rings is 4. The Labute approximate surface area is 268 Å². The van der Waals surface area contributed by atoms with Crippen LogP contribution in [0.2, 0.25) is 0 Å². The highest BCUT2D eigenvalue weighted by Gasteiger charge is 2.35.